The van der Waals surface area contributed by atoms with Gasteiger partial charge in [0.15, 0.2) is 0 Å². The molecule has 0 bridgehead atoms. The van der Waals surface area contributed by atoms with Crippen LogP contribution in [0.3, 0.4) is 0 Å². The fraction of sp³-hybridized carbons (Fsp3) is 0.333. The number of anilines is 1. The lowest BCUT2D eigenvalue weighted by molar-refractivity contribution is -0.132. The minimum absolute atomic E-state index is 0.0914. The predicted molar refractivity (Wildman–Crippen MR) is 126 cm³/mol. The summed E-state index contributed by atoms with van der Waals surface area (Å²) in [5.41, 5.74) is 8.00. The molecule has 0 fully saturated rings. The summed E-state index contributed by atoms with van der Waals surface area (Å²) in [7, 11) is 1.63. The zero-order chi connectivity index (χ0) is 23.4. The fourth-order valence-corrected chi connectivity index (χ4v) is 3.99. The molecule has 2 atom stereocenters. The molecule has 8 heteroatoms. The van der Waals surface area contributed by atoms with Gasteiger partial charge in [-0.3, -0.25) is 14.4 Å². The molecule has 32 heavy (non-hydrogen) atoms. The van der Waals surface area contributed by atoms with Crippen molar-refractivity contribution in [2.24, 2.45) is 22.6 Å². The average molecular weight is 455 g/mol. The van der Waals surface area contributed by atoms with Crippen LogP contribution in [0.2, 0.25) is 5.02 Å². The summed E-state index contributed by atoms with van der Waals surface area (Å²) in [5, 5.41) is 3.25. The van der Waals surface area contributed by atoms with Gasteiger partial charge in [0.1, 0.15) is 0 Å². The number of benzodiazepines with no additional fused rings is 1. The smallest absolute Gasteiger partial charge is 0.272 e. The van der Waals surface area contributed by atoms with Gasteiger partial charge in [0.05, 0.1) is 11.4 Å². The van der Waals surface area contributed by atoms with E-state index in [1.54, 1.807) is 25.2 Å². The van der Waals surface area contributed by atoms with Crippen LogP contribution in [0.15, 0.2) is 53.5 Å². The minimum Gasteiger partial charge on any atom is -0.370 e. The number of nitrogens with one attached hydrogen (secondary N) is 1. The molecule has 1 aliphatic heterocycles. The quantitative estimate of drug-likeness (QED) is 0.671. The second kappa shape index (κ2) is 9.96. The van der Waals surface area contributed by atoms with Crippen molar-refractivity contribution < 1.29 is 14.4 Å². The molecule has 2 aromatic rings. The molecular weight excluding hydrogens is 428 g/mol. The van der Waals surface area contributed by atoms with Gasteiger partial charge in [-0.05, 0) is 30.5 Å². The van der Waals surface area contributed by atoms with E-state index in [4.69, 9.17) is 17.3 Å². The number of nitrogens with zero attached hydrogens (tertiary/aromatic N) is 2. The summed E-state index contributed by atoms with van der Waals surface area (Å²) in [6.45, 7) is 3.91. The lowest BCUT2D eigenvalue weighted by Crippen LogP contribution is -2.48. The van der Waals surface area contributed by atoms with Gasteiger partial charge in [0.2, 0.25) is 18.0 Å². The van der Waals surface area contributed by atoms with Crippen molar-refractivity contribution in [3.8, 4) is 0 Å². The van der Waals surface area contributed by atoms with Crippen LogP contribution in [0, 0.1) is 11.8 Å². The van der Waals surface area contributed by atoms with E-state index in [9.17, 15) is 14.4 Å². The summed E-state index contributed by atoms with van der Waals surface area (Å²) in [6, 6.07) is 14.6. The second-order valence-electron chi connectivity index (χ2n) is 8.31. The normalized spacial score (nSPS) is 16.8. The van der Waals surface area contributed by atoms with Gasteiger partial charge in [0, 0.05) is 35.5 Å². The highest BCUT2D eigenvalue weighted by Crippen LogP contribution is 2.30. The van der Waals surface area contributed by atoms with Gasteiger partial charge in [0.25, 0.3) is 5.91 Å². The van der Waals surface area contributed by atoms with Crippen LogP contribution in [-0.4, -0.2) is 36.6 Å². The van der Waals surface area contributed by atoms with E-state index >= 15 is 0 Å². The number of primary amides is 1. The molecule has 1 aliphatic rings. The fourth-order valence-electron chi connectivity index (χ4n) is 3.81. The van der Waals surface area contributed by atoms with Gasteiger partial charge in [-0.2, -0.15) is 0 Å². The first kappa shape index (κ1) is 23.5. The van der Waals surface area contributed by atoms with Gasteiger partial charge in [-0.25, -0.2) is 4.99 Å². The molecule has 2 aromatic carbocycles. The van der Waals surface area contributed by atoms with Gasteiger partial charge in [-0.15, -0.1) is 0 Å². The van der Waals surface area contributed by atoms with Crippen molar-refractivity contribution in [3.63, 3.8) is 0 Å². The number of likely N-dealkylation sites (N-methyl/N-ethyl adjacent to an activating group) is 1. The molecule has 3 amide bonds. The number of amides is 3. The third-order valence-corrected chi connectivity index (χ3v) is 5.53. The van der Waals surface area contributed by atoms with Gasteiger partial charge in [-0.1, -0.05) is 55.8 Å². The first-order valence-corrected chi connectivity index (χ1v) is 10.8. The van der Waals surface area contributed by atoms with Crippen molar-refractivity contribution in [1.82, 2.24) is 5.32 Å². The largest absolute Gasteiger partial charge is 0.370 e. The van der Waals surface area contributed by atoms with Crippen LogP contribution in [0.1, 0.15) is 37.8 Å². The SMILES string of the molecule is CC(C)CC(CC(N)=O)C(=O)NC1N=C(c2ccccc2)c2cc(Cl)ccc2N(C)C1=O. The number of rotatable bonds is 7. The molecule has 0 aliphatic carbocycles. The Labute approximate surface area is 192 Å². The summed E-state index contributed by atoms with van der Waals surface area (Å²) < 4.78 is 0. The number of carbonyl (C=O) groups excluding carboxylic acids is 3. The number of aliphatic imine (C=N–C) groups is 1. The lowest BCUT2D eigenvalue weighted by atomic mass is 9.93. The third kappa shape index (κ3) is 5.34. The predicted octanol–water partition coefficient (Wildman–Crippen LogP) is 3.13. The Morgan fingerprint density at radius 3 is 2.50 bits per heavy atom. The molecule has 0 radical (unpaired) electrons. The zero-order valence-electron chi connectivity index (χ0n) is 18.3. The third-order valence-electron chi connectivity index (χ3n) is 5.30. The Morgan fingerprint density at radius 2 is 1.88 bits per heavy atom. The van der Waals surface area contributed by atoms with Crippen molar-refractivity contribution in [2.45, 2.75) is 32.9 Å². The number of halogens is 1. The van der Waals surface area contributed by atoms with Crippen LogP contribution in [-0.2, 0) is 14.4 Å². The number of benzene rings is 2. The lowest BCUT2D eigenvalue weighted by Gasteiger charge is -2.23. The van der Waals surface area contributed by atoms with E-state index in [1.165, 1.54) is 4.90 Å². The highest BCUT2D eigenvalue weighted by molar-refractivity contribution is 6.32. The Hall–Kier alpha value is -3.19. The highest BCUT2D eigenvalue weighted by Gasteiger charge is 2.33. The maximum atomic E-state index is 13.3. The maximum absolute atomic E-state index is 13.3. The molecule has 7 nitrogen and oxygen atoms in total. The Bertz CT molecular complexity index is 1050. The summed E-state index contributed by atoms with van der Waals surface area (Å²) >= 11 is 6.25. The van der Waals surface area contributed by atoms with E-state index in [2.05, 4.69) is 10.3 Å². The van der Waals surface area contributed by atoms with Crippen molar-refractivity contribution in [1.29, 1.82) is 0 Å². The summed E-state index contributed by atoms with van der Waals surface area (Å²) in [6.07, 6.45) is -0.779. The number of nitrogens with two attached hydrogens (primary N) is 1. The molecule has 3 rings (SSSR count). The van der Waals surface area contributed by atoms with Gasteiger partial charge < -0.3 is 16.0 Å². The van der Waals surface area contributed by atoms with Crippen LogP contribution in [0.4, 0.5) is 5.69 Å². The summed E-state index contributed by atoms with van der Waals surface area (Å²) in [4.78, 5) is 43.9. The van der Waals surface area contributed by atoms with Gasteiger partial charge >= 0.3 is 0 Å². The van der Waals surface area contributed by atoms with E-state index in [-0.39, 0.29) is 12.3 Å². The van der Waals surface area contributed by atoms with E-state index in [0.29, 0.717) is 28.4 Å². The van der Waals surface area contributed by atoms with Crippen molar-refractivity contribution in [3.05, 3.63) is 64.7 Å². The first-order valence-electron chi connectivity index (χ1n) is 10.5. The Morgan fingerprint density at radius 1 is 1.19 bits per heavy atom. The van der Waals surface area contributed by atoms with Crippen LogP contribution < -0.4 is 16.0 Å². The van der Waals surface area contributed by atoms with E-state index < -0.39 is 29.8 Å². The highest BCUT2D eigenvalue weighted by atomic mass is 35.5. The number of fused-ring (bicyclic) bond motifs is 1. The number of carbonyl (C=O) groups is 3. The Kier molecular flexibility index (Phi) is 7.30. The number of hydrogen-bond acceptors (Lipinski definition) is 4. The first-order chi connectivity index (χ1) is 15.2. The van der Waals surface area contributed by atoms with Crippen LogP contribution in [0.25, 0.3) is 0 Å². The topological polar surface area (TPSA) is 105 Å². The molecule has 0 saturated heterocycles. The zero-order valence-corrected chi connectivity index (χ0v) is 19.1. The molecule has 0 spiro atoms. The minimum atomic E-state index is -1.16. The number of hydrogen-bond donors (Lipinski definition) is 2. The standard InChI is InChI=1S/C24H27ClN4O3/c1-14(2)11-16(12-20(26)30)23(31)28-22-24(32)29(3)19-10-9-17(25)13-18(19)21(27-22)15-7-5-4-6-8-15/h4-10,13-14,16,22H,11-12H2,1-3H3,(H2,26,30)(H,28,31). The molecule has 0 aromatic heterocycles. The second-order valence-corrected chi connectivity index (χ2v) is 8.75. The maximum Gasteiger partial charge on any atom is 0.272 e. The molecular formula is C24H27ClN4O3. The van der Waals surface area contributed by atoms with Crippen LogP contribution >= 0.6 is 11.6 Å². The van der Waals surface area contributed by atoms with E-state index in [0.717, 1.165) is 5.56 Å². The summed E-state index contributed by atoms with van der Waals surface area (Å²) in [5.74, 6) is -1.85. The van der Waals surface area contributed by atoms with Crippen LogP contribution in [0.5, 0.6) is 0 Å². The molecule has 0 saturated carbocycles. The molecule has 2 unspecified atom stereocenters. The Balaban J connectivity index is 2.04. The molecule has 1 heterocycles. The van der Waals surface area contributed by atoms with Crippen molar-refractivity contribution in [2.75, 3.05) is 11.9 Å². The van der Waals surface area contributed by atoms with E-state index in [1.807, 2.05) is 44.2 Å². The van der Waals surface area contributed by atoms with Crippen molar-refractivity contribution >= 4 is 40.7 Å². The monoisotopic (exact) mass is 454 g/mol. The average Bonchev–Trinajstić information content (AvgIpc) is 2.83. The molecule has 168 valence electrons. The molecule has 3 N–H and O–H groups in total.